The Bertz CT molecular complexity index is 386. The van der Waals surface area contributed by atoms with Crippen molar-refractivity contribution < 1.29 is 4.74 Å². The summed E-state index contributed by atoms with van der Waals surface area (Å²) in [5.41, 5.74) is 8.65. The number of likely N-dealkylation sites (tertiary alicyclic amines) is 1. The molecule has 3 heteroatoms. The van der Waals surface area contributed by atoms with Gasteiger partial charge in [0.2, 0.25) is 0 Å². The lowest BCUT2D eigenvalue weighted by Gasteiger charge is -2.37. The molecule has 106 valence electrons. The van der Waals surface area contributed by atoms with E-state index in [0.717, 1.165) is 19.0 Å². The van der Waals surface area contributed by atoms with Crippen LogP contribution >= 0.6 is 0 Å². The molecule has 1 atom stereocenters. The maximum Gasteiger partial charge on any atom is 0.0716 e. The van der Waals surface area contributed by atoms with Gasteiger partial charge in [0, 0.05) is 19.7 Å². The Hall–Kier alpha value is -0.900. The third-order valence-corrected chi connectivity index (χ3v) is 4.20. The van der Waals surface area contributed by atoms with Crippen LogP contribution in [0.2, 0.25) is 0 Å². The SMILES string of the molecule is COCc1ccccc1C(CN)N1CCC(C)CC1. The summed E-state index contributed by atoms with van der Waals surface area (Å²) in [5, 5.41) is 0. The highest BCUT2D eigenvalue weighted by Crippen LogP contribution is 2.28. The fraction of sp³-hybridized carbons (Fsp3) is 0.625. The minimum Gasteiger partial charge on any atom is -0.380 e. The predicted octanol–water partition coefficient (Wildman–Crippen LogP) is 2.56. The van der Waals surface area contributed by atoms with Crippen molar-refractivity contribution >= 4 is 0 Å². The quantitative estimate of drug-likeness (QED) is 0.886. The fourth-order valence-corrected chi connectivity index (χ4v) is 2.96. The van der Waals surface area contributed by atoms with Gasteiger partial charge in [-0.05, 0) is 43.0 Å². The lowest BCUT2D eigenvalue weighted by Crippen LogP contribution is -2.39. The second kappa shape index (κ2) is 7.04. The van der Waals surface area contributed by atoms with Gasteiger partial charge in [-0.1, -0.05) is 31.2 Å². The highest BCUT2D eigenvalue weighted by atomic mass is 16.5. The lowest BCUT2D eigenvalue weighted by molar-refractivity contribution is 0.137. The molecule has 2 rings (SSSR count). The topological polar surface area (TPSA) is 38.5 Å². The summed E-state index contributed by atoms with van der Waals surface area (Å²) in [5.74, 6) is 0.851. The van der Waals surface area contributed by atoms with E-state index in [1.165, 1.54) is 24.0 Å². The molecule has 1 fully saturated rings. The summed E-state index contributed by atoms with van der Waals surface area (Å²) in [6.45, 7) is 5.99. The van der Waals surface area contributed by atoms with E-state index in [2.05, 4.69) is 36.1 Å². The number of methoxy groups -OCH3 is 1. The molecule has 0 amide bonds. The van der Waals surface area contributed by atoms with E-state index in [9.17, 15) is 0 Å². The van der Waals surface area contributed by atoms with Crippen molar-refractivity contribution in [3.8, 4) is 0 Å². The Kier molecular flexibility index (Phi) is 5.37. The number of ether oxygens (including phenoxy) is 1. The highest BCUT2D eigenvalue weighted by Gasteiger charge is 2.24. The van der Waals surface area contributed by atoms with Crippen LogP contribution in [0.3, 0.4) is 0 Å². The van der Waals surface area contributed by atoms with Crippen LogP contribution in [0.15, 0.2) is 24.3 Å². The maximum atomic E-state index is 6.05. The Morgan fingerprint density at radius 2 is 2.00 bits per heavy atom. The molecular formula is C16H26N2O. The molecular weight excluding hydrogens is 236 g/mol. The van der Waals surface area contributed by atoms with Gasteiger partial charge in [0.15, 0.2) is 0 Å². The number of hydrogen-bond acceptors (Lipinski definition) is 3. The van der Waals surface area contributed by atoms with Crippen molar-refractivity contribution in [2.75, 3.05) is 26.7 Å². The molecule has 2 N–H and O–H groups in total. The van der Waals surface area contributed by atoms with Gasteiger partial charge in [-0.3, -0.25) is 4.90 Å². The minimum absolute atomic E-state index is 0.332. The third kappa shape index (κ3) is 3.56. The van der Waals surface area contributed by atoms with Crippen LogP contribution in [-0.2, 0) is 11.3 Å². The Morgan fingerprint density at radius 1 is 1.32 bits per heavy atom. The third-order valence-electron chi connectivity index (χ3n) is 4.20. The van der Waals surface area contributed by atoms with Crippen LogP contribution in [-0.4, -0.2) is 31.6 Å². The molecule has 19 heavy (non-hydrogen) atoms. The van der Waals surface area contributed by atoms with Crippen LogP contribution in [0.4, 0.5) is 0 Å². The second-order valence-electron chi connectivity index (χ2n) is 5.60. The van der Waals surface area contributed by atoms with Crippen LogP contribution < -0.4 is 5.73 Å². The summed E-state index contributed by atoms with van der Waals surface area (Å²) in [6, 6.07) is 8.85. The van der Waals surface area contributed by atoms with Gasteiger partial charge >= 0.3 is 0 Å². The van der Waals surface area contributed by atoms with E-state index in [-0.39, 0.29) is 0 Å². The van der Waals surface area contributed by atoms with Crippen LogP contribution in [0, 0.1) is 5.92 Å². The normalized spacial score (nSPS) is 19.5. The van der Waals surface area contributed by atoms with Crippen molar-refractivity contribution in [3.05, 3.63) is 35.4 Å². The average Bonchev–Trinajstić information content (AvgIpc) is 2.44. The number of nitrogens with zero attached hydrogens (tertiary/aromatic N) is 1. The first kappa shape index (κ1) is 14.5. The zero-order valence-corrected chi connectivity index (χ0v) is 12.1. The van der Waals surface area contributed by atoms with Gasteiger partial charge in [-0.25, -0.2) is 0 Å². The Balaban J connectivity index is 2.17. The standard InChI is InChI=1S/C16H26N2O/c1-13-7-9-18(10-8-13)16(11-17)15-6-4-3-5-14(15)12-19-2/h3-6,13,16H,7-12,17H2,1-2H3. The largest absolute Gasteiger partial charge is 0.380 e. The van der Waals surface area contributed by atoms with Crippen LogP contribution in [0.25, 0.3) is 0 Å². The van der Waals surface area contributed by atoms with Gasteiger partial charge in [-0.2, -0.15) is 0 Å². The van der Waals surface area contributed by atoms with E-state index >= 15 is 0 Å². The van der Waals surface area contributed by atoms with Crippen molar-refractivity contribution in [3.63, 3.8) is 0 Å². The molecule has 1 aliphatic rings. The first-order chi connectivity index (χ1) is 9.26. The minimum atomic E-state index is 0.332. The van der Waals surface area contributed by atoms with Gasteiger partial charge in [-0.15, -0.1) is 0 Å². The lowest BCUT2D eigenvalue weighted by atomic mass is 9.94. The molecule has 0 saturated carbocycles. The molecule has 1 saturated heterocycles. The van der Waals surface area contributed by atoms with E-state index in [4.69, 9.17) is 10.5 Å². The van der Waals surface area contributed by atoms with Gasteiger partial charge < -0.3 is 10.5 Å². The fourth-order valence-electron chi connectivity index (χ4n) is 2.96. The van der Waals surface area contributed by atoms with E-state index in [0.29, 0.717) is 19.2 Å². The van der Waals surface area contributed by atoms with Gasteiger partial charge in [0.25, 0.3) is 0 Å². The molecule has 1 unspecified atom stereocenters. The maximum absolute atomic E-state index is 6.05. The number of benzene rings is 1. The molecule has 1 aliphatic heterocycles. The van der Waals surface area contributed by atoms with Crippen molar-refractivity contribution in [1.82, 2.24) is 4.90 Å². The number of rotatable bonds is 5. The number of piperidine rings is 1. The first-order valence-electron chi connectivity index (χ1n) is 7.27. The van der Waals surface area contributed by atoms with Crippen LogP contribution in [0.1, 0.15) is 36.9 Å². The number of nitrogens with two attached hydrogens (primary N) is 1. The monoisotopic (exact) mass is 262 g/mol. The van der Waals surface area contributed by atoms with Gasteiger partial charge in [0.05, 0.1) is 6.61 Å². The summed E-state index contributed by atoms with van der Waals surface area (Å²) in [7, 11) is 1.75. The summed E-state index contributed by atoms with van der Waals surface area (Å²) in [6.07, 6.45) is 2.56. The van der Waals surface area contributed by atoms with Crippen molar-refractivity contribution in [2.45, 2.75) is 32.4 Å². The molecule has 1 aromatic rings. The van der Waals surface area contributed by atoms with E-state index in [1.54, 1.807) is 7.11 Å². The first-order valence-corrected chi connectivity index (χ1v) is 7.27. The molecule has 1 heterocycles. The Morgan fingerprint density at radius 3 is 2.63 bits per heavy atom. The molecule has 1 aromatic carbocycles. The van der Waals surface area contributed by atoms with E-state index in [1.807, 2.05) is 0 Å². The van der Waals surface area contributed by atoms with Crippen molar-refractivity contribution in [2.24, 2.45) is 11.7 Å². The van der Waals surface area contributed by atoms with E-state index < -0.39 is 0 Å². The van der Waals surface area contributed by atoms with Crippen LogP contribution in [0.5, 0.6) is 0 Å². The number of hydrogen-bond donors (Lipinski definition) is 1. The molecule has 0 radical (unpaired) electrons. The Labute approximate surface area is 116 Å². The zero-order chi connectivity index (χ0) is 13.7. The molecule has 0 aromatic heterocycles. The average molecular weight is 262 g/mol. The second-order valence-corrected chi connectivity index (χ2v) is 5.60. The molecule has 0 aliphatic carbocycles. The highest BCUT2D eigenvalue weighted by molar-refractivity contribution is 5.30. The van der Waals surface area contributed by atoms with Crippen molar-refractivity contribution in [1.29, 1.82) is 0 Å². The summed E-state index contributed by atoms with van der Waals surface area (Å²) >= 11 is 0. The summed E-state index contributed by atoms with van der Waals surface area (Å²) in [4.78, 5) is 2.54. The zero-order valence-electron chi connectivity index (χ0n) is 12.1. The van der Waals surface area contributed by atoms with Gasteiger partial charge in [0.1, 0.15) is 0 Å². The summed E-state index contributed by atoms with van der Waals surface area (Å²) < 4.78 is 5.31. The molecule has 0 spiro atoms. The predicted molar refractivity (Wildman–Crippen MR) is 78.9 cm³/mol. The molecule has 0 bridgehead atoms. The smallest absolute Gasteiger partial charge is 0.0716 e. The molecule has 3 nitrogen and oxygen atoms in total.